The van der Waals surface area contributed by atoms with E-state index in [9.17, 15) is 4.79 Å². The number of nitrogens with one attached hydrogen (secondary N) is 2. The van der Waals surface area contributed by atoms with Crippen LogP contribution in [0.5, 0.6) is 0 Å². The van der Waals surface area contributed by atoms with Gasteiger partial charge in [-0.1, -0.05) is 0 Å². The molecule has 0 unspecified atom stereocenters. The van der Waals surface area contributed by atoms with Crippen LogP contribution < -0.4 is 11.4 Å². The highest BCUT2D eigenvalue weighted by Crippen LogP contribution is 2.11. The molecule has 0 fully saturated rings. The van der Waals surface area contributed by atoms with Gasteiger partial charge in [0.15, 0.2) is 0 Å². The Bertz CT molecular complexity index is 447. The van der Waals surface area contributed by atoms with E-state index in [0.29, 0.717) is 11.3 Å². The van der Waals surface area contributed by atoms with Crippen LogP contribution in [-0.2, 0) is 0 Å². The molecule has 11 heavy (non-hydrogen) atoms. The number of nitrogens with zero attached hydrogens (tertiary/aromatic N) is 2. The molecule has 0 radical (unpaired) electrons. The smallest absolute Gasteiger partial charge is 0.362 e. The molecule has 0 amide bonds. The highest BCUT2D eigenvalue weighted by molar-refractivity contribution is 5.66. The molecule has 0 aliphatic rings. The fourth-order valence-electron chi connectivity index (χ4n) is 0.977. The number of nitrogens with two attached hydrogens (primary N) is 1. The number of nitrogen functional groups attached to an aromatic ring is 1. The van der Waals surface area contributed by atoms with Gasteiger partial charge in [0.1, 0.15) is 0 Å². The Morgan fingerprint density at radius 3 is 3.00 bits per heavy atom. The van der Waals surface area contributed by atoms with Gasteiger partial charge >= 0.3 is 5.69 Å². The quantitative estimate of drug-likeness (QED) is 0.464. The van der Waals surface area contributed by atoms with Crippen molar-refractivity contribution in [2.75, 3.05) is 5.73 Å². The van der Waals surface area contributed by atoms with Crippen LogP contribution >= 0.6 is 0 Å². The maximum absolute atomic E-state index is 10.9. The summed E-state index contributed by atoms with van der Waals surface area (Å²) in [4.78, 5) is 10.9. The van der Waals surface area contributed by atoms with E-state index in [2.05, 4.69) is 15.3 Å². The van der Waals surface area contributed by atoms with Crippen molar-refractivity contribution in [2.45, 2.75) is 6.92 Å². The first-order valence-corrected chi connectivity index (χ1v) is 3.11. The molecular weight excluding hydrogens is 146 g/mol. The van der Waals surface area contributed by atoms with Crippen molar-refractivity contribution in [3.63, 3.8) is 0 Å². The molecule has 0 aliphatic heterocycles. The number of aromatic nitrogens is 4. The predicted molar refractivity (Wildman–Crippen MR) is 39.3 cm³/mol. The average molecular weight is 153 g/mol. The zero-order valence-electron chi connectivity index (χ0n) is 5.88. The molecule has 6 nitrogen and oxygen atoms in total. The van der Waals surface area contributed by atoms with Crippen LogP contribution in [0.15, 0.2) is 4.79 Å². The minimum absolute atomic E-state index is 0.306. The van der Waals surface area contributed by atoms with Crippen molar-refractivity contribution in [1.29, 1.82) is 0 Å². The number of aromatic amines is 2. The summed E-state index contributed by atoms with van der Waals surface area (Å²) >= 11 is 0. The molecule has 2 heterocycles. The number of fused-ring (bicyclic) bond motifs is 1. The second-order valence-corrected chi connectivity index (χ2v) is 2.34. The third-order valence-corrected chi connectivity index (χ3v) is 1.60. The molecule has 2 rings (SSSR count). The number of H-pyrrole nitrogens is 2. The van der Waals surface area contributed by atoms with Crippen molar-refractivity contribution < 1.29 is 0 Å². The molecule has 0 saturated carbocycles. The second kappa shape index (κ2) is 1.66. The van der Waals surface area contributed by atoms with Crippen LogP contribution in [-0.4, -0.2) is 19.8 Å². The molecule has 0 aliphatic carbocycles. The van der Waals surface area contributed by atoms with Gasteiger partial charge in [0.05, 0.1) is 11.4 Å². The van der Waals surface area contributed by atoms with E-state index in [1.807, 2.05) is 0 Å². The van der Waals surface area contributed by atoms with Gasteiger partial charge < -0.3 is 5.73 Å². The lowest BCUT2D eigenvalue weighted by molar-refractivity contribution is 0.881. The van der Waals surface area contributed by atoms with Gasteiger partial charge in [-0.05, 0) is 6.92 Å². The normalized spacial score (nSPS) is 11.0. The van der Waals surface area contributed by atoms with Crippen LogP contribution in [0.2, 0.25) is 0 Å². The summed E-state index contributed by atoms with van der Waals surface area (Å²) in [6.45, 7) is 1.78. The maximum atomic E-state index is 10.9. The number of aryl methyl sites for hydroxylation is 1. The van der Waals surface area contributed by atoms with Gasteiger partial charge in [0, 0.05) is 0 Å². The van der Waals surface area contributed by atoms with Gasteiger partial charge in [-0.15, -0.1) is 5.10 Å². The SMILES string of the molecule is Cc1[nH]n2c(=O)[nH]nc2c1N. The standard InChI is InChI=1S/C5H7N5O/c1-2-3(6)4-7-8-5(11)10(4)9-2/h9H,6H2,1H3,(H,8,11). The van der Waals surface area contributed by atoms with Crippen molar-refractivity contribution in [2.24, 2.45) is 0 Å². The minimum atomic E-state index is -0.306. The summed E-state index contributed by atoms with van der Waals surface area (Å²) in [5.41, 5.74) is 6.98. The molecule has 0 bridgehead atoms. The lowest BCUT2D eigenvalue weighted by Gasteiger charge is -1.82. The second-order valence-electron chi connectivity index (χ2n) is 2.34. The Morgan fingerprint density at radius 1 is 1.64 bits per heavy atom. The molecule has 2 aromatic heterocycles. The number of anilines is 1. The topological polar surface area (TPSA) is 92.0 Å². The molecule has 0 aromatic carbocycles. The summed E-state index contributed by atoms with van der Waals surface area (Å²) in [7, 11) is 0. The number of rotatable bonds is 0. The fraction of sp³-hybridized carbons (Fsp3) is 0.200. The highest BCUT2D eigenvalue weighted by atomic mass is 16.2. The third-order valence-electron chi connectivity index (χ3n) is 1.60. The summed E-state index contributed by atoms with van der Waals surface area (Å²) in [5.74, 6) is 0. The van der Waals surface area contributed by atoms with Crippen molar-refractivity contribution >= 4 is 11.3 Å². The lowest BCUT2D eigenvalue weighted by atomic mass is 10.4. The van der Waals surface area contributed by atoms with E-state index < -0.39 is 0 Å². The maximum Gasteiger partial charge on any atom is 0.362 e. The zero-order valence-corrected chi connectivity index (χ0v) is 5.88. The number of hydrogen-bond donors (Lipinski definition) is 3. The molecule has 0 spiro atoms. The predicted octanol–water partition coefficient (Wildman–Crippen LogP) is -0.759. The summed E-state index contributed by atoms with van der Waals surface area (Å²) < 4.78 is 1.27. The van der Waals surface area contributed by atoms with Crippen LogP contribution in [0, 0.1) is 6.92 Å². The first-order valence-electron chi connectivity index (χ1n) is 3.11. The Balaban J connectivity index is 3.05. The summed E-state index contributed by atoms with van der Waals surface area (Å²) in [6, 6.07) is 0. The van der Waals surface area contributed by atoms with Gasteiger partial charge in [0.25, 0.3) is 0 Å². The largest absolute Gasteiger partial charge is 0.394 e. The van der Waals surface area contributed by atoms with Gasteiger partial charge in [0.2, 0.25) is 5.65 Å². The molecule has 2 aromatic rings. The third kappa shape index (κ3) is 0.603. The first kappa shape index (κ1) is 6.02. The van der Waals surface area contributed by atoms with Crippen LogP contribution in [0.3, 0.4) is 0 Å². The summed E-state index contributed by atoms with van der Waals surface area (Å²) in [6.07, 6.45) is 0. The minimum Gasteiger partial charge on any atom is -0.394 e. The molecule has 0 atom stereocenters. The van der Waals surface area contributed by atoms with E-state index >= 15 is 0 Å². The van der Waals surface area contributed by atoms with Crippen LogP contribution in [0.4, 0.5) is 5.69 Å². The van der Waals surface area contributed by atoms with Crippen molar-refractivity contribution in [3.05, 3.63) is 16.2 Å². The average Bonchev–Trinajstić information content (AvgIpc) is 2.43. The van der Waals surface area contributed by atoms with Gasteiger partial charge in [-0.3, -0.25) is 5.10 Å². The van der Waals surface area contributed by atoms with Crippen molar-refractivity contribution in [1.82, 2.24) is 19.8 Å². The number of hydrogen-bond acceptors (Lipinski definition) is 3. The molecular formula is C5H7N5O. The van der Waals surface area contributed by atoms with E-state index in [0.717, 1.165) is 5.69 Å². The van der Waals surface area contributed by atoms with Gasteiger partial charge in [-0.25, -0.2) is 9.89 Å². The Morgan fingerprint density at radius 2 is 2.36 bits per heavy atom. The van der Waals surface area contributed by atoms with Crippen LogP contribution in [0.1, 0.15) is 5.69 Å². The van der Waals surface area contributed by atoms with Crippen molar-refractivity contribution in [3.8, 4) is 0 Å². The zero-order chi connectivity index (χ0) is 8.01. The molecule has 58 valence electrons. The first-order chi connectivity index (χ1) is 5.20. The fourth-order valence-corrected chi connectivity index (χ4v) is 0.977. The van der Waals surface area contributed by atoms with Gasteiger partial charge in [-0.2, -0.15) is 4.52 Å². The Labute approximate surface area is 61.0 Å². The van der Waals surface area contributed by atoms with E-state index in [4.69, 9.17) is 5.73 Å². The van der Waals surface area contributed by atoms with Crippen LogP contribution in [0.25, 0.3) is 5.65 Å². The molecule has 4 N–H and O–H groups in total. The Kier molecular flexibility index (Phi) is 0.906. The summed E-state index contributed by atoms with van der Waals surface area (Å²) in [5, 5.41) is 8.74. The Hall–Kier alpha value is -1.72. The van der Waals surface area contributed by atoms with E-state index in [1.165, 1.54) is 4.52 Å². The monoisotopic (exact) mass is 153 g/mol. The highest BCUT2D eigenvalue weighted by Gasteiger charge is 2.07. The lowest BCUT2D eigenvalue weighted by Crippen LogP contribution is -2.09. The van der Waals surface area contributed by atoms with E-state index in [-0.39, 0.29) is 5.69 Å². The van der Waals surface area contributed by atoms with E-state index in [1.54, 1.807) is 6.92 Å². The molecule has 0 saturated heterocycles. The molecule has 6 heteroatoms.